The van der Waals surface area contributed by atoms with Gasteiger partial charge in [0.2, 0.25) is 5.91 Å². The van der Waals surface area contributed by atoms with Crippen LogP contribution >= 0.6 is 11.3 Å². The highest BCUT2D eigenvalue weighted by Gasteiger charge is 2.34. The second-order valence-electron chi connectivity index (χ2n) is 7.98. The van der Waals surface area contributed by atoms with Gasteiger partial charge in [-0.2, -0.15) is 0 Å². The number of para-hydroxylation sites is 1. The molecule has 4 rings (SSSR count). The lowest BCUT2D eigenvalue weighted by Crippen LogP contribution is -2.49. The molecule has 3 heterocycles. The third kappa shape index (κ3) is 4.04. The minimum atomic E-state index is -0.120. The Morgan fingerprint density at radius 2 is 2.10 bits per heavy atom. The van der Waals surface area contributed by atoms with E-state index in [-0.39, 0.29) is 23.8 Å². The second kappa shape index (κ2) is 8.57. The first-order valence-corrected chi connectivity index (χ1v) is 11.3. The minimum Gasteiger partial charge on any atom is -0.488 e. The van der Waals surface area contributed by atoms with E-state index in [0.29, 0.717) is 19.7 Å². The molecule has 2 aliphatic rings. The number of hydrogen-bond acceptors (Lipinski definition) is 4. The molecular formula is C23H28N2O3S. The van der Waals surface area contributed by atoms with Crippen molar-refractivity contribution in [1.82, 2.24) is 10.2 Å². The Hall–Kier alpha value is -2.34. The summed E-state index contributed by atoms with van der Waals surface area (Å²) in [6.07, 6.45) is 3.74. The Morgan fingerprint density at radius 1 is 1.28 bits per heavy atom. The van der Waals surface area contributed by atoms with Crippen molar-refractivity contribution in [1.29, 1.82) is 0 Å². The number of carbonyl (C=O) groups excluding carboxylic acids is 2. The van der Waals surface area contributed by atoms with Gasteiger partial charge in [-0.15, -0.1) is 11.3 Å². The zero-order valence-corrected chi connectivity index (χ0v) is 17.9. The van der Waals surface area contributed by atoms with Crippen molar-refractivity contribution >= 4 is 23.2 Å². The molecule has 0 bridgehead atoms. The number of fused-ring (bicyclic) bond motifs is 3. The van der Waals surface area contributed by atoms with Crippen molar-refractivity contribution in [3.8, 4) is 16.2 Å². The third-order valence-corrected chi connectivity index (χ3v) is 7.08. The summed E-state index contributed by atoms with van der Waals surface area (Å²) in [5.41, 5.74) is 2.12. The molecule has 0 radical (unpaired) electrons. The number of hydrogen-bond donors (Lipinski definition) is 1. The Balaban J connectivity index is 1.51. The Morgan fingerprint density at radius 3 is 2.93 bits per heavy atom. The van der Waals surface area contributed by atoms with E-state index in [4.69, 9.17) is 4.74 Å². The number of carbonyl (C=O) groups is 2. The maximum absolute atomic E-state index is 13.3. The fourth-order valence-electron chi connectivity index (χ4n) is 4.08. The van der Waals surface area contributed by atoms with Crippen molar-refractivity contribution in [2.24, 2.45) is 5.92 Å². The van der Waals surface area contributed by atoms with Gasteiger partial charge in [0.1, 0.15) is 12.4 Å². The van der Waals surface area contributed by atoms with Crippen LogP contribution in [0.1, 0.15) is 54.8 Å². The van der Waals surface area contributed by atoms with Gasteiger partial charge in [-0.05, 0) is 44.4 Å². The number of benzene rings is 1. The summed E-state index contributed by atoms with van der Waals surface area (Å²) in [4.78, 5) is 29.6. The van der Waals surface area contributed by atoms with Crippen LogP contribution in [-0.4, -0.2) is 35.8 Å². The van der Waals surface area contributed by atoms with E-state index in [1.165, 1.54) is 11.3 Å². The zero-order valence-electron chi connectivity index (χ0n) is 17.1. The van der Waals surface area contributed by atoms with Crippen molar-refractivity contribution in [3.05, 3.63) is 40.8 Å². The second-order valence-corrected chi connectivity index (χ2v) is 9.03. The summed E-state index contributed by atoms with van der Waals surface area (Å²) in [5.74, 6) is 0.859. The van der Waals surface area contributed by atoms with Gasteiger partial charge in [-0.25, -0.2) is 0 Å². The molecule has 2 atom stereocenters. The average molecular weight is 413 g/mol. The van der Waals surface area contributed by atoms with Crippen LogP contribution in [0.2, 0.25) is 0 Å². The number of amides is 2. The van der Waals surface area contributed by atoms with Gasteiger partial charge in [0.25, 0.3) is 5.91 Å². The molecule has 0 spiro atoms. The molecule has 1 fully saturated rings. The molecule has 6 heteroatoms. The first kappa shape index (κ1) is 20.0. The maximum Gasteiger partial charge on any atom is 0.264 e. The zero-order chi connectivity index (χ0) is 20.4. The van der Waals surface area contributed by atoms with Crippen LogP contribution in [-0.2, 0) is 11.4 Å². The monoisotopic (exact) mass is 412 g/mol. The molecule has 29 heavy (non-hydrogen) atoms. The normalized spacial score (nSPS) is 20.4. The lowest BCUT2D eigenvalue weighted by molar-refractivity contribution is -0.126. The molecule has 2 amide bonds. The highest BCUT2D eigenvalue weighted by Crippen LogP contribution is 2.42. The molecule has 1 aromatic carbocycles. The maximum atomic E-state index is 13.3. The molecule has 0 saturated carbocycles. The highest BCUT2D eigenvalue weighted by molar-refractivity contribution is 7.17. The van der Waals surface area contributed by atoms with E-state index in [9.17, 15) is 9.59 Å². The molecule has 1 saturated heterocycles. The van der Waals surface area contributed by atoms with Gasteiger partial charge in [0.05, 0.1) is 10.8 Å². The number of rotatable bonds is 5. The Labute approximate surface area is 176 Å². The average Bonchev–Trinajstić information content (AvgIpc) is 3.18. The van der Waals surface area contributed by atoms with Gasteiger partial charge in [0, 0.05) is 35.1 Å². The van der Waals surface area contributed by atoms with Crippen LogP contribution < -0.4 is 10.1 Å². The minimum absolute atomic E-state index is 0.0282. The number of unbranched alkanes of at least 4 members (excludes halogenated alkanes) is 1. The van der Waals surface area contributed by atoms with E-state index in [2.05, 4.69) is 19.2 Å². The van der Waals surface area contributed by atoms with Crippen molar-refractivity contribution < 1.29 is 14.3 Å². The predicted molar refractivity (Wildman–Crippen MR) is 115 cm³/mol. The van der Waals surface area contributed by atoms with Crippen LogP contribution in [0.3, 0.4) is 0 Å². The van der Waals surface area contributed by atoms with E-state index in [1.807, 2.05) is 35.2 Å². The summed E-state index contributed by atoms with van der Waals surface area (Å²) >= 11 is 1.54. The molecule has 2 unspecified atom stereocenters. The highest BCUT2D eigenvalue weighted by atomic mass is 32.1. The summed E-state index contributed by atoms with van der Waals surface area (Å²) in [6.45, 7) is 5.89. The lowest BCUT2D eigenvalue weighted by Gasteiger charge is -2.37. The van der Waals surface area contributed by atoms with Gasteiger partial charge in [0.15, 0.2) is 0 Å². The summed E-state index contributed by atoms with van der Waals surface area (Å²) < 4.78 is 5.83. The van der Waals surface area contributed by atoms with E-state index in [1.54, 1.807) is 0 Å². The van der Waals surface area contributed by atoms with Crippen LogP contribution in [0, 0.1) is 5.92 Å². The van der Waals surface area contributed by atoms with E-state index < -0.39 is 0 Å². The SMILES string of the molecule is CCCCNC(=O)C1CCC(C)N(C(=O)c2cc3c(s2)-c2ccccc2OC3)C1. The fourth-order valence-corrected chi connectivity index (χ4v) is 5.24. The fraction of sp³-hybridized carbons (Fsp3) is 0.478. The van der Waals surface area contributed by atoms with Crippen molar-refractivity contribution in [2.45, 2.75) is 52.2 Å². The predicted octanol–water partition coefficient (Wildman–Crippen LogP) is 4.46. The Bertz CT molecular complexity index is 907. The third-order valence-electron chi connectivity index (χ3n) is 5.88. The molecule has 2 aliphatic heterocycles. The van der Waals surface area contributed by atoms with Crippen LogP contribution in [0.4, 0.5) is 0 Å². The molecular weight excluding hydrogens is 384 g/mol. The quantitative estimate of drug-likeness (QED) is 0.738. The first-order chi connectivity index (χ1) is 14.1. The molecule has 1 N–H and O–H groups in total. The van der Waals surface area contributed by atoms with Crippen molar-refractivity contribution in [3.63, 3.8) is 0 Å². The first-order valence-electron chi connectivity index (χ1n) is 10.5. The number of ether oxygens (including phenoxy) is 1. The molecule has 1 aromatic heterocycles. The Kier molecular flexibility index (Phi) is 5.90. The topological polar surface area (TPSA) is 58.6 Å². The summed E-state index contributed by atoms with van der Waals surface area (Å²) in [6, 6.07) is 10.1. The van der Waals surface area contributed by atoms with Crippen LogP contribution in [0.15, 0.2) is 30.3 Å². The molecule has 0 aliphatic carbocycles. The summed E-state index contributed by atoms with van der Waals surface area (Å²) in [5, 5.41) is 3.03. The van der Waals surface area contributed by atoms with E-state index in [0.717, 1.165) is 52.3 Å². The number of thiophene rings is 1. The number of piperidine rings is 1. The van der Waals surface area contributed by atoms with Crippen LogP contribution in [0.25, 0.3) is 10.4 Å². The van der Waals surface area contributed by atoms with Crippen LogP contribution in [0.5, 0.6) is 5.75 Å². The lowest BCUT2D eigenvalue weighted by atomic mass is 9.92. The molecule has 2 aromatic rings. The largest absolute Gasteiger partial charge is 0.488 e. The number of nitrogens with one attached hydrogen (secondary N) is 1. The summed E-state index contributed by atoms with van der Waals surface area (Å²) in [7, 11) is 0. The number of likely N-dealkylation sites (tertiary alicyclic amines) is 1. The van der Waals surface area contributed by atoms with Gasteiger partial charge < -0.3 is 15.0 Å². The van der Waals surface area contributed by atoms with Gasteiger partial charge in [-0.3, -0.25) is 9.59 Å². The number of nitrogens with zero attached hydrogens (tertiary/aromatic N) is 1. The molecule has 5 nitrogen and oxygen atoms in total. The van der Waals surface area contributed by atoms with Crippen molar-refractivity contribution in [2.75, 3.05) is 13.1 Å². The smallest absolute Gasteiger partial charge is 0.264 e. The van der Waals surface area contributed by atoms with Gasteiger partial charge >= 0.3 is 0 Å². The molecule has 154 valence electrons. The standard InChI is InChI=1S/C23H28N2O3S/c1-3-4-11-24-22(26)16-10-9-15(2)25(13-16)23(27)20-12-17-14-28-19-8-6-5-7-18(19)21(17)29-20/h5-8,12,15-16H,3-4,9-11,13-14H2,1-2H3,(H,24,26). The van der Waals surface area contributed by atoms with Gasteiger partial charge in [-0.1, -0.05) is 25.5 Å². The van der Waals surface area contributed by atoms with E-state index >= 15 is 0 Å².